The van der Waals surface area contributed by atoms with E-state index in [0.717, 1.165) is 12.3 Å². The summed E-state index contributed by atoms with van der Waals surface area (Å²) in [6.07, 6.45) is 6.00. The van der Waals surface area contributed by atoms with Crippen LogP contribution in [0.25, 0.3) is 10.9 Å². The molecule has 3 nitrogen and oxygen atoms in total. The van der Waals surface area contributed by atoms with Crippen LogP contribution in [0.5, 0.6) is 5.75 Å². The van der Waals surface area contributed by atoms with Gasteiger partial charge in [-0.2, -0.15) is 0 Å². The van der Waals surface area contributed by atoms with Crippen molar-refractivity contribution < 1.29 is 4.74 Å². The molecule has 96 valence electrons. The molecule has 0 amide bonds. The zero-order chi connectivity index (χ0) is 12.5. The van der Waals surface area contributed by atoms with E-state index in [1.54, 1.807) is 7.11 Å². The minimum absolute atomic E-state index is 0.570. The monoisotopic (exact) mass is 244 g/mol. The first-order valence-corrected chi connectivity index (χ1v) is 6.68. The number of fused-ring (bicyclic) bond motifs is 1. The topological polar surface area (TPSA) is 40.2 Å². The number of nitrogens with zero attached hydrogens (tertiary/aromatic N) is 1. The lowest BCUT2D eigenvalue weighted by atomic mass is 10.0. The van der Waals surface area contributed by atoms with Gasteiger partial charge in [-0.15, -0.1) is 0 Å². The maximum atomic E-state index is 5.89. The predicted octanol–water partition coefficient (Wildman–Crippen LogP) is 2.95. The van der Waals surface area contributed by atoms with Gasteiger partial charge in [-0.1, -0.05) is 6.42 Å². The number of aromatic nitrogens is 1. The van der Waals surface area contributed by atoms with Gasteiger partial charge in [0, 0.05) is 23.1 Å². The van der Waals surface area contributed by atoms with Gasteiger partial charge in [0.25, 0.3) is 0 Å². The van der Waals surface area contributed by atoms with Crippen LogP contribution in [0, 0.1) is 5.92 Å². The molecule has 1 aromatic carbocycles. The third-order valence-electron chi connectivity index (χ3n) is 4.21. The van der Waals surface area contributed by atoms with Crippen molar-refractivity contribution in [2.45, 2.75) is 25.3 Å². The Morgan fingerprint density at radius 2 is 2.22 bits per heavy atom. The molecule has 2 aromatic rings. The summed E-state index contributed by atoms with van der Waals surface area (Å²) in [6, 6.07) is 9.02. The van der Waals surface area contributed by atoms with Crippen LogP contribution < -0.4 is 10.5 Å². The molecule has 0 bridgehead atoms. The van der Waals surface area contributed by atoms with Gasteiger partial charge in [0.2, 0.25) is 0 Å². The smallest absolute Gasteiger partial charge is 0.119 e. The zero-order valence-electron chi connectivity index (χ0n) is 10.8. The lowest BCUT2D eigenvalue weighted by molar-refractivity contribution is 0.396. The molecule has 1 aromatic heterocycles. The summed E-state index contributed by atoms with van der Waals surface area (Å²) in [5.74, 6) is 1.55. The molecule has 2 unspecified atom stereocenters. The molecule has 0 radical (unpaired) electrons. The van der Waals surface area contributed by atoms with Crippen molar-refractivity contribution in [3.05, 3.63) is 30.5 Å². The Labute approximate surface area is 108 Å². The SMILES string of the molecule is COc1ccc2c(ccn2C2CCCC2CN)c1. The van der Waals surface area contributed by atoms with Crippen molar-refractivity contribution in [2.24, 2.45) is 11.7 Å². The average molecular weight is 244 g/mol. The van der Waals surface area contributed by atoms with E-state index in [1.807, 2.05) is 6.07 Å². The molecule has 1 saturated carbocycles. The highest BCUT2D eigenvalue weighted by Crippen LogP contribution is 2.37. The molecule has 1 fully saturated rings. The van der Waals surface area contributed by atoms with E-state index in [2.05, 4.69) is 29.0 Å². The fourth-order valence-electron chi connectivity index (χ4n) is 3.22. The van der Waals surface area contributed by atoms with Gasteiger partial charge in [-0.25, -0.2) is 0 Å². The minimum Gasteiger partial charge on any atom is -0.497 e. The second kappa shape index (κ2) is 4.65. The normalized spacial score (nSPS) is 23.7. The van der Waals surface area contributed by atoms with E-state index in [0.29, 0.717) is 12.0 Å². The fourth-order valence-corrected chi connectivity index (χ4v) is 3.22. The van der Waals surface area contributed by atoms with Crippen LogP contribution in [0.1, 0.15) is 25.3 Å². The van der Waals surface area contributed by atoms with Gasteiger partial charge in [0.15, 0.2) is 0 Å². The van der Waals surface area contributed by atoms with Gasteiger partial charge in [-0.3, -0.25) is 0 Å². The van der Waals surface area contributed by atoms with Crippen molar-refractivity contribution in [1.29, 1.82) is 0 Å². The number of rotatable bonds is 3. The third kappa shape index (κ3) is 1.79. The van der Waals surface area contributed by atoms with E-state index in [-0.39, 0.29) is 0 Å². The molecule has 18 heavy (non-hydrogen) atoms. The molecule has 3 heteroatoms. The van der Waals surface area contributed by atoms with Crippen LogP contribution in [-0.4, -0.2) is 18.2 Å². The highest BCUT2D eigenvalue weighted by Gasteiger charge is 2.27. The summed E-state index contributed by atoms with van der Waals surface area (Å²) in [7, 11) is 1.71. The van der Waals surface area contributed by atoms with Crippen molar-refractivity contribution in [1.82, 2.24) is 4.57 Å². The van der Waals surface area contributed by atoms with E-state index >= 15 is 0 Å². The van der Waals surface area contributed by atoms with Gasteiger partial charge in [0.05, 0.1) is 7.11 Å². The molecule has 2 atom stereocenters. The quantitative estimate of drug-likeness (QED) is 0.901. The Kier molecular flexibility index (Phi) is 3.00. The summed E-state index contributed by atoms with van der Waals surface area (Å²) in [5, 5.41) is 1.25. The maximum absolute atomic E-state index is 5.89. The first-order chi connectivity index (χ1) is 8.83. The molecule has 1 aliphatic rings. The molecular weight excluding hydrogens is 224 g/mol. The molecular formula is C15H20N2O. The number of hydrogen-bond donors (Lipinski definition) is 1. The standard InChI is InChI=1S/C15H20N2O/c1-18-13-5-6-15-11(9-13)7-8-17(15)14-4-2-3-12(14)10-16/h5-9,12,14H,2-4,10,16H2,1H3. The number of ether oxygens (including phenoxy) is 1. The lowest BCUT2D eigenvalue weighted by Gasteiger charge is -2.21. The van der Waals surface area contributed by atoms with Crippen LogP contribution in [0.4, 0.5) is 0 Å². The number of hydrogen-bond acceptors (Lipinski definition) is 2. The average Bonchev–Trinajstić information content (AvgIpc) is 3.03. The predicted molar refractivity (Wildman–Crippen MR) is 73.9 cm³/mol. The summed E-state index contributed by atoms with van der Waals surface area (Å²) >= 11 is 0. The second-order valence-corrected chi connectivity index (χ2v) is 5.14. The highest BCUT2D eigenvalue weighted by molar-refractivity contribution is 5.81. The molecule has 3 rings (SSSR count). The molecule has 0 spiro atoms. The summed E-state index contributed by atoms with van der Waals surface area (Å²) < 4.78 is 7.67. The van der Waals surface area contributed by atoms with Crippen LogP contribution in [-0.2, 0) is 0 Å². The van der Waals surface area contributed by atoms with E-state index in [4.69, 9.17) is 10.5 Å². The summed E-state index contributed by atoms with van der Waals surface area (Å²) in [6.45, 7) is 0.792. The lowest BCUT2D eigenvalue weighted by Crippen LogP contribution is -2.21. The molecule has 0 saturated heterocycles. The summed E-state index contributed by atoms with van der Waals surface area (Å²) in [4.78, 5) is 0. The number of nitrogens with two attached hydrogens (primary N) is 1. The third-order valence-corrected chi connectivity index (χ3v) is 4.21. The first kappa shape index (κ1) is 11.6. The minimum atomic E-state index is 0.570. The Bertz CT molecular complexity index is 546. The van der Waals surface area contributed by atoms with Crippen molar-refractivity contribution in [3.63, 3.8) is 0 Å². The molecule has 1 aliphatic carbocycles. The molecule has 1 heterocycles. The fraction of sp³-hybridized carbons (Fsp3) is 0.467. The Balaban J connectivity index is 2.02. The van der Waals surface area contributed by atoms with Crippen LogP contribution in [0.3, 0.4) is 0 Å². The highest BCUT2D eigenvalue weighted by atomic mass is 16.5. The van der Waals surface area contributed by atoms with Crippen molar-refractivity contribution >= 4 is 10.9 Å². The van der Waals surface area contributed by atoms with Gasteiger partial charge in [-0.05, 0) is 49.6 Å². The van der Waals surface area contributed by atoms with E-state index < -0.39 is 0 Å². The maximum Gasteiger partial charge on any atom is 0.119 e. The second-order valence-electron chi connectivity index (χ2n) is 5.14. The van der Waals surface area contributed by atoms with Gasteiger partial charge in [0.1, 0.15) is 5.75 Å². The summed E-state index contributed by atoms with van der Waals surface area (Å²) in [5.41, 5.74) is 7.18. The van der Waals surface area contributed by atoms with E-state index in [1.165, 1.54) is 30.2 Å². The Hall–Kier alpha value is -1.48. The van der Waals surface area contributed by atoms with Crippen molar-refractivity contribution in [2.75, 3.05) is 13.7 Å². The van der Waals surface area contributed by atoms with Crippen LogP contribution >= 0.6 is 0 Å². The van der Waals surface area contributed by atoms with Crippen LogP contribution in [0.2, 0.25) is 0 Å². The van der Waals surface area contributed by atoms with Gasteiger partial charge >= 0.3 is 0 Å². The van der Waals surface area contributed by atoms with Crippen LogP contribution in [0.15, 0.2) is 30.5 Å². The number of methoxy groups -OCH3 is 1. The zero-order valence-corrected chi connectivity index (χ0v) is 10.8. The van der Waals surface area contributed by atoms with Crippen molar-refractivity contribution in [3.8, 4) is 5.75 Å². The molecule has 0 aliphatic heterocycles. The van der Waals surface area contributed by atoms with E-state index in [9.17, 15) is 0 Å². The van der Waals surface area contributed by atoms with Gasteiger partial charge < -0.3 is 15.0 Å². The Morgan fingerprint density at radius 1 is 1.33 bits per heavy atom. The number of benzene rings is 1. The first-order valence-electron chi connectivity index (χ1n) is 6.68. The molecule has 2 N–H and O–H groups in total. The largest absolute Gasteiger partial charge is 0.497 e. The Morgan fingerprint density at radius 3 is 3.00 bits per heavy atom.